The van der Waals surface area contributed by atoms with E-state index in [0.29, 0.717) is 27.2 Å². The first kappa shape index (κ1) is 31.0. The van der Waals surface area contributed by atoms with Crippen LogP contribution in [0.5, 0.6) is 0 Å². The molecule has 0 bridgehead atoms. The molecule has 1 N–H and O–H groups in total. The van der Waals surface area contributed by atoms with Crippen molar-refractivity contribution >= 4 is 73.9 Å². The second-order valence-electron chi connectivity index (χ2n) is 8.46. The summed E-state index contributed by atoms with van der Waals surface area (Å²) in [5.41, 5.74) is 0.485. The highest BCUT2D eigenvalue weighted by Crippen LogP contribution is 2.33. The Kier molecular flexibility index (Phi) is 10.9. The Hall–Kier alpha value is -2.49. The highest BCUT2D eigenvalue weighted by atomic mass is 35.5. The summed E-state index contributed by atoms with van der Waals surface area (Å²) in [7, 11) is -4.26. The van der Waals surface area contributed by atoms with E-state index >= 15 is 0 Å². The number of benzene rings is 3. The molecule has 0 fully saturated rings. The van der Waals surface area contributed by atoms with E-state index in [2.05, 4.69) is 5.32 Å². The standard InChI is InChI=1S/C27H27Cl4N3O4S/c1-3-24(27(36)32-4-2)33(16-20-21(29)11-8-12-22(20)30)26(35)17-34(25-14-13-18(28)15-23(25)31)39(37,38)19-9-6-5-7-10-19/h5-15,24H,3-4,16-17H2,1-2H3,(H,32,36). The molecule has 3 aromatic rings. The number of halogens is 4. The van der Waals surface area contributed by atoms with E-state index in [4.69, 9.17) is 46.4 Å². The summed E-state index contributed by atoms with van der Waals surface area (Å²) in [4.78, 5) is 28.3. The van der Waals surface area contributed by atoms with Crippen molar-refractivity contribution in [2.45, 2.75) is 37.8 Å². The van der Waals surface area contributed by atoms with Crippen LogP contribution in [-0.2, 0) is 26.2 Å². The van der Waals surface area contributed by atoms with Gasteiger partial charge in [-0.2, -0.15) is 0 Å². The van der Waals surface area contributed by atoms with Crippen LogP contribution in [0.4, 0.5) is 5.69 Å². The van der Waals surface area contributed by atoms with E-state index < -0.39 is 34.4 Å². The maximum atomic E-state index is 14.0. The van der Waals surface area contributed by atoms with Gasteiger partial charge in [0.1, 0.15) is 12.6 Å². The third-order valence-electron chi connectivity index (χ3n) is 5.92. The number of amides is 2. The molecule has 0 aliphatic rings. The van der Waals surface area contributed by atoms with Crippen LogP contribution < -0.4 is 9.62 Å². The first-order valence-electron chi connectivity index (χ1n) is 12.0. The number of nitrogens with zero attached hydrogens (tertiary/aromatic N) is 2. The lowest BCUT2D eigenvalue weighted by Gasteiger charge is -2.33. The minimum atomic E-state index is -4.26. The van der Waals surface area contributed by atoms with Gasteiger partial charge in [0.15, 0.2) is 0 Å². The topological polar surface area (TPSA) is 86.8 Å². The van der Waals surface area contributed by atoms with Crippen molar-refractivity contribution in [3.63, 3.8) is 0 Å². The molecule has 0 heterocycles. The summed E-state index contributed by atoms with van der Waals surface area (Å²) in [6.07, 6.45) is 0.257. The molecule has 0 saturated heterocycles. The molecule has 0 aliphatic carbocycles. The predicted octanol–water partition coefficient (Wildman–Crippen LogP) is 6.44. The van der Waals surface area contributed by atoms with Crippen LogP contribution in [0.3, 0.4) is 0 Å². The van der Waals surface area contributed by atoms with Crippen molar-refractivity contribution < 1.29 is 18.0 Å². The molecule has 208 valence electrons. The lowest BCUT2D eigenvalue weighted by molar-refractivity contribution is -0.140. The average molecular weight is 631 g/mol. The fraction of sp³-hybridized carbons (Fsp3) is 0.259. The van der Waals surface area contributed by atoms with Crippen molar-refractivity contribution in [1.29, 1.82) is 0 Å². The molecule has 0 aromatic heterocycles. The fourth-order valence-electron chi connectivity index (χ4n) is 3.98. The highest BCUT2D eigenvalue weighted by Gasteiger charge is 2.34. The van der Waals surface area contributed by atoms with Crippen LogP contribution in [0.25, 0.3) is 0 Å². The summed E-state index contributed by atoms with van der Waals surface area (Å²) >= 11 is 25.3. The van der Waals surface area contributed by atoms with Crippen LogP contribution in [0.1, 0.15) is 25.8 Å². The third-order valence-corrected chi connectivity index (χ3v) is 8.94. The first-order valence-corrected chi connectivity index (χ1v) is 15.0. The lowest BCUT2D eigenvalue weighted by atomic mass is 10.1. The van der Waals surface area contributed by atoms with E-state index in [-0.39, 0.29) is 28.6 Å². The smallest absolute Gasteiger partial charge is 0.264 e. The Bertz CT molecular complexity index is 1420. The maximum absolute atomic E-state index is 14.0. The van der Waals surface area contributed by atoms with Crippen LogP contribution in [0.15, 0.2) is 71.6 Å². The van der Waals surface area contributed by atoms with Gasteiger partial charge in [0.05, 0.1) is 15.6 Å². The minimum Gasteiger partial charge on any atom is -0.355 e. The average Bonchev–Trinajstić information content (AvgIpc) is 2.89. The molecule has 3 aromatic carbocycles. The zero-order chi connectivity index (χ0) is 28.7. The van der Waals surface area contributed by atoms with Gasteiger partial charge in [-0.05, 0) is 55.8 Å². The van der Waals surface area contributed by atoms with Crippen LogP contribution in [0.2, 0.25) is 20.1 Å². The molecule has 0 saturated carbocycles. The van der Waals surface area contributed by atoms with Gasteiger partial charge in [-0.15, -0.1) is 0 Å². The monoisotopic (exact) mass is 629 g/mol. The minimum absolute atomic E-state index is 0.0336. The highest BCUT2D eigenvalue weighted by molar-refractivity contribution is 7.92. The Morgan fingerprint density at radius 2 is 1.51 bits per heavy atom. The fourth-order valence-corrected chi connectivity index (χ4v) is 6.51. The van der Waals surface area contributed by atoms with Crippen molar-refractivity contribution in [2.75, 3.05) is 17.4 Å². The summed E-state index contributed by atoms with van der Waals surface area (Å²) in [5, 5.41) is 3.68. The number of rotatable bonds is 11. The molecule has 39 heavy (non-hydrogen) atoms. The number of sulfonamides is 1. The Morgan fingerprint density at radius 3 is 2.08 bits per heavy atom. The molecule has 0 spiro atoms. The predicted molar refractivity (Wildman–Crippen MR) is 157 cm³/mol. The number of likely N-dealkylation sites (N-methyl/N-ethyl adjacent to an activating group) is 1. The Labute approximate surface area is 248 Å². The number of carbonyl (C=O) groups is 2. The summed E-state index contributed by atoms with van der Waals surface area (Å²) in [5.74, 6) is -1.05. The third kappa shape index (κ3) is 7.38. The molecular formula is C27H27Cl4N3O4S. The number of nitrogens with one attached hydrogen (secondary N) is 1. The molecule has 7 nitrogen and oxygen atoms in total. The van der Waals surface area contributed by atoms with Crippen molar-refractivity contribution in [3.8, 4) is 0 Å². The first-order chi connectivity index (χ1) is 18.5. The molecule has 0 aliphatic heterocycles. The van der Waals surface area contributed by atoms with Crippen molar-refractivity contribution in [1.82, 2.24) is 10.2 Å². The quantitative estimate of drug-likeness (QED) is 0.264. The van der Waals surface area contributed by atoms with Gasteiger partial charge in [-0.25, -0.2) is 8.42 Å². The van der Waals surface area contributed by atoms with Gasteiger partial charge in [0.25, 0.3) is 10.0 Å². The number of hydrogen-bond acceptors (Lipinski definition) is 4. The summed E-state index contributed by atoms with van der Waals surface area (Å²) in [6, 6.07) is 15.9. The molecule has 1 atom stereocenters. The molecule has 0 radical (unpaired) electrons. The molecule has 2 amide bonds. The zero-order valence-electron chi connectivity index (χ0n) is 21.2. The van der Waals surface area contributed by atoms with E-state index in [1.807, 2.05) is 0 Å². The zero-order valence-corrected chi connectivity index (χ0v) is 25.0. The van der Waals surface area contributed by atoms with Crippen LogP contribution >= 0.6 is 46.4 Å². The summed E-state index contributed by atoms with van der Waals surface area (Å²) < 4.78 is 28.5. The van der Waals surface area contributed by atoms with E-state index in [9.17, 15) is 18.0 Å². The van der Waals surface area contributed by atoms with E-state index in [1.54, 1.807) is 50.2 Å². The van der Waals surface area contributed by atoms with Gasteiger partial charge < -0.3 is 10.2 Å². The number of anilines is 1. The van der Waals surface area contributed by atoms with Gasteiger partial charge in [-0.3, -0.25) is 13.9 Å². The van der Waals surface area contributed by atoms with Crippen LogP contribution in [-0.4, -0.2) is 44.3 Å². The van der Waals surface area contributed by atoms with Gasteiger partial charge >= 0.3 is 0 Å². The molecule has 3 rings (SSSR count). The molecular weight excluding hydrogens is 604 g/mol. The Balaban J connectivity index is 2.12. The largest absolute Gasteiger partial charge is 0.355 e. The van der Waals surface area contributed by atoms with E-state index in [0.717, 1.165) is 4.31 Å². The molecule has 1 unspecified atom stereocenters. The van der Waals surface area contributed by atoms with Gasteiger partial charge in [0.2, 0.25) is 11.8 Å². The van der Waals surface area contributed by atoms with Crippen LogP contribution in [0, 0.1) is 0 Å². The lowest BCUT2D eigenvalue weighted by Crippen LogP contribution is -2.52. The second-order valence-corrected chi connectivity index (χ2v) is 12.0. The van der Waals surface area contributed by atoms with Gasteiger partial charge in [0, 0.05) is 33.7 Å². The normalized spacial score (nSPS) is 12.1. The van der Waals surface area contributed by atoms with E-state index in [1.165, 1.54) is 35.2 Å². The second kappa shape index (κ2) is 13.7. The maximum Gasteiger partial charge on any atom is 0.264 e. The van der Waals surface area contributed by atoms with Crippen molar-refractivity contribution in [2.24, 2.45) is 0 Å². The molecule has 12 heteroatoms. The van der Waals surface area contributed by atoms with Crippen molar-refractivity contribution in [3.05, 3.63) is 92.4 Å². The number of hydrogen-bond donors (Lipinski definition) is 1. The summed E-state index contributed by atoms with van der Waals surface area (Å²) in [6.45, 7) is 3.08. The SMILES string of the molecule is CCNC(=O)C(CC)N(Cc1c(Cl)cccc1Cl)C(=O)CN(c1ccc(Cl)cc1Cl)S(=O)(=O)c1ccccc1. The van der Waals surface area contributed by atoms with Gasteiger partial charge in [-0.1, -0.05) is 77.6 Å². The number of carbonyl (C=O) groups excluding carboxylic acids is 2. The Morgan fingerprint density at radius 1 is 0.872 bits per heavy atom.